The predicted molar refractivity (Wildman–Crippen MR) is 161 cm³/mol. The van der Waals surface area contributed by atoms with Crippen LogP contribution in [-0.4, -0.2) is 37.5 Å². The summed E-state index contributed by atoms with van der Waals surface area (Å²) in [7, 11) is 0. The molecule has 2 saturated carbocycles. The molecule has 2 amide bonds. The van der Waals surface area contributed by atoms with Crippen molar-refractivity contribution in [2.45, 2.75) is 174 Å². The van der Waals surface area contributed by atoms with E-state index >= 15 is 0 Å². The van der Waals surface area contributed by atoms with Crippen molar-refractivity contribution in [3.63, 3.8) is 0 Å². The Morgan fingerprint density at radius 2 is 0.846 bits per heavy atom. The van der Waals surface area contributed by atoms with Crippen LogP contribution in [0, 0.1) is 11.8 Å². The maximum absolute atomic E-state index is 12.2. The van der Waals surface area contributed by atoms with Crippen molar-refractivity contribution in [2.75, 3.05) is 13.2 Å². The van der Waals surface area contributed by atoms with Gasteiger partial charge in [0.05, 0.1) is 13.2 Å². The molecule has 2 fully saturated rings. The maximum Gasteiger partial charge on any atom is 0.407 e. The van der Waals surface area contributed by atoms with E-state index in [1.807, 2.05) is 0 Å². The van der Waals surface area contributed by atoms with E-state index in [4.69, 9.17) is 9.47 Å². The van der Waals surface area contributed by atoms with Crippen LogP contribution in [0.1, 0.15) is 162 Å². The Bertz CT molecular complexity index is 561. The lowest BCUT2D eigenvalue weighted by Crippen LogP contribution is -2.39. The molecule has 0 spiro atoms. The topological polar surface area (TPSA) is 76.7 Å². The zero-order valence-electron chi connectivity index (χ0n) is 25.6. The standard InChI is InChI=1S/C33H62N2O4/c1-3-5-7-9-11-13-15-25-38-32(36)34-30-21-17-28(18-22-30)27-29-19-23-31(24-20-29)35-33(37)39-26-16-14-12-10-8-6-4-2/h28-31H,3-27H2,1-2H3,(H,34,36)(H,35,37). The van der Waals surface area contributed by atoms with E-state index in [2.05, 4.69) is 24.5 Å². The molecule has 2 N–H and O–H groups in total. The van der Waals surface area contributed by atoms with Crippen LogP contribution >= 0.6 is 0 Å². The molecule has 0 aromatic carbocycles. The van der Waals surface area contributed by atoms with Crippen LogP contribution in [0.4, 0.5) is 9.59 Å². The van der Waals surface area contributed by atoms with Gasteiger partial charge in [-0.1, -0.05) is 90.9 Å². The van der Waals surface area contributed by atoms with Crippen molar-refractivity contribution in [2.24, 2.45) is 11.8 Å². The molecule has 0 aliphatic heterocycles. The van der Waals surface area contributed by atoms with Crippen molar-refractivity contribution in [1.29, 1.82) is 0 Å². The van der Waals surface area contributed by atoms with Gasteiger partial charge in [0.25, 0.3) is 0 Å². The molecule has 228 valence electrons. The monoisotopic (exact) mass is 550 g/mol. The molecule has 0 heterocycles. The van der Waals surface area contributed by atoms with Crippen LogP contribution in [0.3, 0.4) is 0 Å². The van der Waals surface area contributed by atoms with E-state index in [0.717, 1.165) is 63.2 Å². The zero-order chi connectivity index (χ0) is 28.0. The smallest absolute Gasteiger partial charge is 0.407 e. The molecule has 0 aromatic heterocycles. The largest absolute Gasteiger partial charge is 0.450 e. The third kappa shape index (κ3) is 17.1. The molecular weight excluding hydrogens is 488 g/mol. The first-order valence-corrected chi connectivity index (χ1v) is 17.0. The van der Waals surface area contributed by atoms with Crippen molar-refractivity contribution in [3.8, 4) is 0 Å². The Kier molecular flexibility index (Phi) is 19.3. The third-order valence-corrected chi connectivity index (χ3v) is 8.97. The Labute approximate surface area is 240 Å². The number of hydrogen-bond acceptors (Lipinski definition) is 4. The van der Waals surface area contributed by atoms with E-state index in [1.54, 1.807) is 0 Å². The highest BCUT2D eigenvalue weighted by molar-refractivity contribution is 5.67. The summed E-state index contributed by atoms with van der Waals surface area (Å²) in [5.41, 5.74) is 0. The number of nitrogens with one attached hydrogen (secondary N) is 2. The van der Waals surface area contributed by atoms with Crippen LogP contribution in [0.15, 0.2) is 0 Å². The highest BCUT2D eigenvalue weighted by Crippen LogP contribution is 2.35. The molecule has 0 bridgehead atoms. The SMILES string of the molecule is CCCCCCCCCOC(=O)NC1CCC(CC2CCC(NC(=O)OCCCCCCCCC)CC2)CC1. The van der Waals surface area contributed by atoms with E-state index in [0.29, 0.717) is 13.2 Å². The summed E-state index contributed by atoms with van der Waals surface area (Å²) < 4.78 is 10.8. The van der Waals surface area contributed by atoms with Crippen molar-refractivity contribution >= 4 is 12.2 Å². The maximum atomic E-state index is 12.2. The number of unbranched alkanes of at least 4 members (excludes halogenated alkanes) is 12. The number of carbonyl (C=O) groups excluding carboxylic acids is 2. The van der Waals surface area contributed by atoms with Gasteiger partial charge in [0.1, 0.15) is 0 Å². The van der Waals surface area contributed by atoms with E-state index < -0.39 is 0 Å². The molecule has 0 unspecified atom stereocenters. The Balaban J connectivity index is 1.44. The van der Waals surface area contributed by atoms with Crippen molar-refractivity contribution in [3.05, 3.63) is 0 Å². The molecule has 39 heavy (non-hydrogen) atoms. The van der Waals surface area contributed by atoms with Gasteiger partial charge in [-0.05, 0) is 82.5 Å². The minimum atomic E-state index is -0.226. The molecule has 0 aromatic rings. The van der Waals surface area contributed by atoms with Crippen LogP contribution in [0.2, 0.25) is 0 Å². The number of alkyl carbamates (subject to hydrolysis) is 2. The van der Waals surface area contributed by atoms with Crippen molar-refractivity contribution in [1.82, 2.24) is 10.6 Å². The van der Waals surface area contributed by atoms with Gasteiger partial charge in [0, 0.05) is 12.1 Å². The Morgan fingerprint density at radius 1 is 0.513 bits per heavy atom. The summed E-state index contributed by atoms with van der Waals surface area (Å²) in [5.74, 6) is 1.54. The summed E-state index contributed by atoms with van der Waals surface area (Å²) >= 11 is 0. The fourth-order valence-corrected chi connectivity index (χ4v) is 6.42. The molecule has 0 saturated heterocycles. The highest BCUT2D eigenvalue weighted by Gasteiger charge is 2.28. The number of amides is 2. The van der Waals surface area contributed by atoms with E-state index in [1.165, 1.54) is 96.3 Å². The minimum Gasteiger partial charge on any atom is -0.450 e. The molecule has 0 atom stereocenters. The van der Waals surface area contributed by atoms with Gasteiger partial charge >= 0.3 is 12.2 Å². The average Bonchev–Trinajstić information content (AvgIpc) is 2.94. The second kappa shape index (κ2) is 22.3. The van der Waals surface area contributed by atoms with Gasteiger partial charge in [-0.25, -0.2) is 9.59 Å². The third-order valence-electron chi connectivity index (χ3n) is 8.97. The predicted octanol–water partition coefficient (Wildman–Crippen LogP) is 9.45. The van der Waals surface area contributed by atoms with Gasteiger partial charge in [-0.15, -0.1) is 0 Å². The van der Waals surface area contributed by atoms with Gasteiger partial charge in [0.15, 0.2) is 0 Å². The fourth-order valence-electron chi connectivity index (χ4n) is 6.42. The van der Waals surface area contributed by atoms with Gasteiger partial charge < -0.3 is 20.1 Å². The number of ether oxygens (including phenoxy) is 2. The average molecular weight is 551 g/mol. The quantitative estimate of drug-likeness (QED) is 0.148. The lowest BCUT2D eigenvalue weighted by molar-refractivity contribution is 0.131. The Morgan fingerprint density at radius 3 is 1.21 bits per heavy atom. The summed E-state index contributed by atoms with van der Waals surface area (Å²) in [6.45, 7) is 5.57. The molecule has 6 heteroatoms. The van der Waals surface area contributed by atoms with Gasteiger partial charge in [-0.3, -0.25) is 0 Å². The van der Waals surface area contributed by atoms with Crippen molar-refractivity contribution < 1.29 is 19.1 Å². The number of carbonyl (C=O) groups is 2. The van der Waals surface area contributed by atoms with Crippen LogP contribution in [0.25, 0.3) is 0 Å². The number of rotatable bonds is 20. The van der Waals surface area contributed by atoms with Gasteiger partial charge in [0.2, 0.25) is 0 Å². The zero-order valence-corrected chi connectivity index (χ0v) is 25.6. The fraction of sp³-hybridized carbons (Fsp3) is 0.939. The van der Waals surface area contributed by atoms with Crippen LogP contribution in [-0.2, 0) is 9.47 Å². The summed E-state index contributed by atoms with van der Waals surface area (Å²) in [6.07, 6.45) is 27.2. The lowest BCUT2D eigenvalue weighted by Gasteiger charge is -2.34. The molecule has 2 aliphatic carbocycles. The molecule has 0 radical (unpaired) electrons. The highest BCUT2D eigenvalue weighted by atomic mass is 16.6. The normalized spacial score (nSPS) is 23.2. The van der Waals surface area contributed by atoms with Gasteiger partial charge in [-0.2, -0.15) is 0 Å². The second-order valence-corrected chi connectivity index (χ2v) is 12.5. The molecular formula is C33H62N2O4. The van der Waals surface area contributed by atoms with Crippen LogP contribution in [0.5, 0.6) is 0 Å². The second-order valence-electron chi connectivity index (χ2n) is 12.5. The molecule has 6 nitrogen and oxygen atoms in total. The van der Waals surface area contributed by atoms with E-state index in [-0.39, 0.29) is 24.3 Å². The van der Waals surface area contributed by atoms with Crippen LogP contribution < -0.4 is 10.6 Å². The molecule has 2 aliphatic rings. The summed E-state index contributed by atoms with van der Waals surface area (Å²) in [4.78, 5) is 24.3. The minimum absolute atomic E-state index is 0.226. The molecule has 2 rings (SSSR count). The first-order valence-electron chi connectivity index (χ1n) is 17.0. The lowest BCUT2D eigenvalue weighted by atomic mass is 9.76. The number of hydrogen-bond donors (Lipinski definition) is 2. The summed E-state index contributed by atoms with van der Waals surface area (Å²) in [6, 6.07) is 0.546. The Hall–Kier alpha value is -1.46. The summed E-state index contributed by atoms with van der Waals surface area (Å²) in [5, 5.41) is 6.21. The first-order chi connectivity index (χ1) is 19.1. The first kappa shape index (κ1) is 33.7. The van der Waals surface area contributed by atoms with E-state index in [9.17, 15) is 9.59 Å².